The lowest BCUT2D eigenvalue weighted by Gasteiger charge is -2.11. The maximum Gasteiger partial charge on any atom is 0.119 e. The van der Waals surface area contributed by atoms with Crippen LogP contribution in [0.1, 0.15) is 25.3 Å². The van der Waals surface area contributed by atoms with E-state index in [0.717, 1.165) is 31.9 Å². The van der Waals surface area contributed by atoms with Crippen LogP contribution in [0.15, 0.2) is 24.3 Å². The first-order valence-corrected chi connectivity index (χ1v) is 6.92. The summed E-state index contributed by atoms with van der Waals surface area (Å²) >= 11 is 0. The van der Waals surface area contributed by atoms with Crippen molar-refractivity contribution in [2.24, 2.45) is 0 Å². The number of rotatable bonds is 7. The number of ether oxygens (including phenoxy) is 2. The molecule has 18 heavy (non-hydrogen) atoms. The summed E-state index contributed by atoms with van der Waals surface area (Å²) in [6, 6.07) is 8.32. The fourth-order valence-corrected chi connectivity index (χ4v) is 2.13. The van der Waals surface area contributed by atoms with Gasteiger partial charge in [-0.1, -0.05) is 19.1 Å². The lowest BCUT2D eigenvalue weighted by molar-refractivity contribution is 0.109. The summed E-state index contributed by atoms with van der Waals surface area (Å²) in [6.45, 7) is 5.60. The maximum atomic E-state index is 5.67. The van der Waals surface area contributed by atoms with Crippen molar-refractivity contribution in [3.63, 3.8) is 0 Å². The van der Waals surface area contributed by atoms with Crippen LogP contribution in [0, 0.1) is 0 Å². The van der Waals surface area contributed by atoms with Gasteiger partial charge in [0.1, 0.15) is 12.4 Å². The second kappa shape index (κ2) is 7.39. The van der Waals surface area contributed by atoms with Gasteiger partial charge in [-0.25, -0.2) is 0 Å². The fourth-order valence-electron chi connectivity index (χ4n) is 2.13. The van der Waals surface area contributed by atoms with Crippen molar-refractivity contribution in [1.82, 2.24) is 5.32 Å². The third kappa shape index (κ3) is 4.31. The molecule has 0 bridgehead atoms. The number of aryl methyl sites for hydroxylation is 1. The summed E-state index contributed by atoms with van der Waals surface area (Å²) in [5.74, 6) is 0.950. The van der Waals surface area contributed by atoms with E-state index in [4.69, 9.17) is 9.47 Å². The van der Waals surface area contributed by atoms with E-state index in [1.54, 1.807) is 0 Å². The van der Waals surface area contributed by atoms with Crippen LogP contribution >= 0.6 is 0 Å². The van der Waals surface area contributed by atoms with Crippen molar-refractivity contribution < 1.29 is 9.47 Å². The van der Waals surface area contributed by atoms with Crippen LogP contribution < -0.4 is 10.1 Å². The van der Waals surface area contributed by atoms with Crippen LogP contribution in [0.4, 0.5) is 0 Å². The number of benzene rings is 1. The minimum Gasteiger partial charge on any atom is -0.492 e. The molecule has 0 amide bonds. The minimum atomic E-state index is 0.411. The Hall–Kier alpha value is -1.06. The summed E-state index contributed by atoms with van der Waals surface area (Å²) < 4.78 is 11.2. The quantitative estimate of drug-likeness (QED) is 0.753. The van der Waals surface area contributed by atoms with Gasteiger partial charge in [-0.3, -0.25) is 0 Å². The first-order chi connectivity index (χ1) is 8.88. The van der Waals surface area contributed by atoms with Gasteiger partial charge in [-0.2, -0.15) is 0 Å². The van der Waals surface area contributed by atoms with E-state index in [-0.39, 0.29) is 0 Å². The maximum absolute atomic E-state index is 5.67. The smallest absolute Gasteiger partial charge is 0.119 e. The molecule has 1 aromatic rings. The molecule has 100 valence electrons. The van der Waals surface area contributed by atoms with Gasteiger partial charge in [0.05, 0.1) is 6.10 Å². The zero-order valence-corrected chi connectivity index (χ0v) is 11.2. The molecule has 2 rings (SSSR count). The zero-order valence-electron chi connectivity index (χ0n) is 11.2. The van der Waals surface area contributed by atoms with Crippen molar-refractivity contribution in [3.05, 3.63) is 29.8 Å². The van der Waals surface area contributed by atoms with Crippen molar-refractivity contribution in [3.8, 4) is 5.75 Å². The average Bonchev–Trinajstić information content (AvgIpc) is 2.92. The van der Waals surface area contributed by atoms with Crippen molar-refractivity contribution >= 4 is 0 Å². The van der Waals surface area contributed by atoms with Gasteiger partial charge in [0.25, 0.3) is 0 Å². The average molecular weight is 249 g/mol. The molecule has 1 saturated heterocycles. The molecule has 1 N–H and O–H groups in total. The molecular weight excluding hydrogens is 226 g/mol. The molecule has 0 aromatic heterocycles. The van der Waals surface area contributed by atoms with E-state index in [2.05, 4.69) is 24.4 Å². The highest BCUT2D eigenvalue weighted by Crippen LogP contribution is 2.12. The van der Waals surface area contributed by atoms with Crippen LogP contribution in [0.5, 0.6) is 5.75 Å². The van der Waals surface area contributed by atoms with E-state index < -0.39 is 0 Å². The lowest BCUT2D eigenvalue weighted by Crippen LogP contribution is -2.29. The van der Waals surface area contributed by atoms with Gasteiger partial charge >= 0.3 is 0 Å². The Balaban J connectivity index is 1.56. The van der Waals surface area contributed by atoms with Gasteiger partial charge in [-0.05, 0) is 37.0 Å². The Kier molecular flexibility index (Phi) is 5.49. The third-order valence-electron chi connectivity index (χ3n) is 3.28. The second-order valence-corrected chi connectivity index (χ2v) is 4.69. The van der Waals surface area contributed by atoms with Crippen LogP contribution in [-0.2, 0) is 11.2 Å². The molecule has 0 unspecified atom stereocenters. The molecule has 0 spiro atoms. The van der Waals surface area contributed by atoms with Gasteiger partial charge in [0.15, 0.2) is 0 Å². The van der Waals surface area contributed by atoms with Gasteiger partial charge in [0.2, 0.25) is 0 Å². The monoisotopic (exact) mass is 249 g/mol. The Morgan fingerprint density at radius 1 is 1.33 bits per heavy atom. The number of hydrogen-bond donors (Lipinski definition) is 1. The number of hydrogen-bond acceptors (Lipinski definition) is 3. The van der Waals surface area contributed by atoms with Gasteiger partial charge in [0, 0.05) is 19.7 Å². The first-order valence-electron chi connectivity index (χ1n) is 6.92. The van der Waals surface area contributed by atoms with Crippen LogP contribution in [-0.4, -0.2) is 32.4 Å². The van der Waals surface area contributed by atoms with Crippen LogP contribution in [0.2, 0.25) is 0 Å². The molecule has 1 aliphatic rings. The minimum absolute atomic E-state index is 0.411. The van der Waals surface area contributed by atoms with E-state index in [1.807, 2.05) is 12.1 Å². The normalized spacial score (nSPS) is 19.1. The van der Waals surface area contributed by atoms with E-state index >= 15 is 0 Å². The molecule has 1 aliphatic heterocycles. The van der Waals surface area contributed by atoms with E-state index in [9.17, 15) is 0 Å². The standard InChI is InChI=1S/C15H23NO2/c1-2-13-5-7-14(8-6-13)18-11-9-16-12-15-4-3-10-17-15/h5-8,15-16H,2-4,9-12H2,1H3/t15-/m0/s1. The molecule has 3 nitrogen and oxygen atoms in total. The van der Waals surface area contributed by atoms with Crippen LogP contribution in [0.25, 0.3) is 0 Å². The highest BCUT2D eigenvalue weighted by Gasteiger charge is 2.14. The fraction of sp³-hybridized carbons (Fsp3) is 0.600. The molecule has 0 aliphatic carbocycles. The third-order valence-corrected chi connectivity index (χ3v) is 3.28. The molecule has 3 heteroatoms. The SMILES string of the molecule is CCc1ccc(OCCNC[C@@H]2CCCO2)cc1. The molecule has 1 heterocycles. The Bertz CT molecular complexity index is 331. The number of nitrogens with one attached hydrogen (secondary N) is 1. The predicted molar refractivity (Wildman–Crippen MR) is 73.2 cm³/mol. The first kappa shape index (κ1) is 13.4. The molecule has 0 saturated carbocycles. The highest BCUT2D eigenvalue weighted by atomic mass is 16.5. The van der Waals surface area contributed by atoms with Gasteiger partial charge in [-0.15, -0.1) is 0 Å². The molecule has 1 fully saturated rings. The van der Waals surface area contributed by atoms with Crippen LogP contribution in [0.3, 0.4) is 0 Å². The molecule has 1 aromatic carbocycles. The van der Waals surface area contributed by atoms with Gasteiger partial charge < -0.3 is 14.8 Å². The summed E-state index contributed by atoms with van der Waals surface area (Å²) in [5, 5.41) is 3.37. The molecule has 1 atom stereocenters. The van der Waals surface area contributed by atoms with E-state index in [0.29, 0.717) is 12.7 Å². The zero-order chi connectivity index (χ0) is 12.6. The lowest BCUT2D eigenvalue weighted by atomic mass is 10.2. The summed E-state index contributed by atoms with van der Waals surface area (Å²) in [5.41, 5.74) is 1.35. The largest absolute Gasteiger partial charge is 0.492 e. The second-order valence-electron chi connectivity index (χ2n) is 4.69. The summed E-state index contributed by atoms with van der Waals surface area (Å²) in [7, 11) is 0. The Morgan fingerprint density at radius 2 is 2.17 bits per heavy atom. The predicted octanol–water partition coefficient (Wildman–Crippen LogP) is 2.40. The van der Waals surface area contributed by atoms with Crippen molar-refractivity contribution in [1.29, 1.82) is 0 Å². The van der Waals surface area contributed by atoms with Crippen molar-refractivity contribution in [2.75, 3.05) is 26.3 Å². The summed E-state index contributed by atoms with van der Waals surface area (Å²) in [4.78, 5) is 0. The Morgan fingerprint density at radius 3 is 2.83 bits per heavy atom. The van der Waals surface area contributed by atoms with Crippen molar-refractivity contribution in [2.45, 2.75) is 32.3 Å². The summed E-state index contributed by atoms with van der Waals surface area (Å²) in [6.07, 6.45) is 3.87. The molecule has 0 radical (unpaired) electrons. The Labute approximate surface area is 109 Å². The topological polar surface area (TPSA) is 30.5 Å². The highest BCUT2D eigenvalue weighted by molar-refractivity contribution is 5.27. The van der Waals surface area contributed by atoms with E-state index in [1.165, 1.54) is 18.4 Å². The molecular formula is C15H23NO2.